The summed E-state index contributed by atoms with van der Waals surface area (Å²) in [5.74, 6) is 0.642. The van der Waals surface area contributed by atoms with E-state index >= 15 is 0 Å². The first kappa shape index (κ1) is 23.0. The van der Waals surface area contributed by atoms with Crippen molar-refractivity contribution in [2.75, 3.05) is 19.6 Å². The van der Waals surface area contributed by atoms with Crippen LogP contribution in [-0.2, 0) is 16.0 Å². The topological polar surface area (TPSA) is 119 Å². The summed E-state index contributed by atoms with van der Waals surface area (Å²) in [5.41, 5.74) is 8.31. The van der Waals surface area contributed by atoms with Gasteiger partial charge in [-0.2, -0.15) is 10.1 Å². The average molecular weight is 424 g/mol. The Balaban J connectivity index is 0.00000300. The summed E-state index contributed by atoms with van der Waals surface area (Å²) in [7, 11) is 0. The van der Waals surface area contributed by atoms with Gasteiger partial charge < -0.3 is 16.0 Å². The number of nitrogens with zero attached hydrogens (tertiary/aromatic N) is 5. The van der Waals surface area contributed by atoms with Gasteiger partial charge in [0, 0.05) is 49.9 Å². The monoisotopic (exact) mass is 423 g/mol. The number of hydrogen-bond acceptors (Lipinski definition) is 6. The summed E-state index contributed by atoms with van der Waals surface area (Å²) >= 11 is 0. The molecule has 9 nitrogen and oxygen atoms in total. The van der Waals surface area contributed by atoms with Crippen LogP contribution in [0.15, 0.2) is 6.33 Å². The Morgan fingerprint density at radius 1 is 1.28 bits per heavy atom. The van der Waals surface area contributed by atoms with Gasteiger partial charge >= 0.3 is 0 Å². The number of rotatable bonds is 7. The normalized spacial score (nSPS) is 16.5. The summed E-state index contributed by atoms with van der Waals surface area (Å²) in [5, 5.41) is 7.11. The van der Waals surface area contributed by atoms with E-state index in [0.717, 1.165) is 42.8 Å². The van der Waals surface area contributed by atoms with Gasteiger partial charge in [0.05, 0.1) is 0 Å². The van der Waals surface area contributed by atoms with E-state index in [-0.39, 0.29) is 30.3 Å². The highest BCUT2D eigenvalue weighted by Gasteiger charge is 2.27. The lowest BCUT2D eigenvalue weighted by molar-refractivity contribution is -0.135. The minimum atomic E-state index is -0.0565. The number of aryl methyl sites for hydroxylation is 2. The molecule has 3 N–H and O–H groups in total. The molecule has 160 valence electrons. The molecule has 0 aromatic carbocycles. The van der Waals surface area contributed by atoms with Crippen LogP contribution in [0.4, 0.5) is 0 Å². The second-order valence-corrected chi connectivity index (χ2v) is 7.31. The Morgan fingerprint density at radius 3 is 2.83 bits per heavy atom. The van der Waals surface area contributed by atoms with Crippen LogP contribution in [0, 0.1) is 13.8 Å². The Morgan fingerprint density at radius 2 is 2.07 bits per heavy atom. The fraction of sp³-hybridized carbons (Fsp3) is 0.632. The second kappa shape index (κ2) is 10.5. The maximum absolute atomic E-state index is 12.9. The summed E-state index contributed by atoms with van der Waals surface area (Å²) < 4.78 is 1.71. The van der Waals surface area contributed by atoms with Crippen molar-refractivity contribution >= 4 is 30.0 Å². The molecule has 3 heterocycles. The predicted molar refractivity (Wildman–Crippen MR) is 112 cm³/mol. The van der Waals surface area contributed by atoms with Gasteiger partial charge in [-0.15, -0.1) is 12.4 Å². The molecule has 1 unspecified atom stereocenters. The minimum absolute atomic E-state index is 0. The molecule has 29 heavy (non-hydrogen) atoms. The second-order valence-electron chi connectivity index (χ2n) is 7.31. The number of nitrogens with two attached hydrogens (primary N) is 1. The number of fused-ring (bicyclic) bond motifs is 1. The third-order valence-corrected chi connectivity index (χ3v) is 5.43. The third kappa shape index (κ3) is 5.42. The number of carbonyl (C=O) groups excluding carboxylic acids is 2. The first-order valence-electron chi connectivity index (χ1n) is 9.93. The molecule has 2 amide bonds. The van der Waals surface area contributed by atoms with E-state index in [1.165, 1.54) is 6.33 Å². The molecule has 0 spiro atoms. The van der Waals surface area contributed by atoms with E-state index in [2.05, 4.69) is 20.4 Å². The Labute approximate surface area is 176 Å². The molecule has 2 aromatic rings. The number of nitrogens with one attached hydrogen (secondary N) is 1. The summed E-state index contributed by atoms with van der Waals surface area (Å²) in [4.78, 5) is 35.2. The summed E-state index contributed by atoms with van der Waals surface area (Å²) in [6.07, 6.45) is 5.83. The smallest absolute Gasteiger partial charge is 0.252 e. The first-order chi connectivity index (χ1) is 13.5. The molecular weight excluding hydrogens is 394 g/mol. The zero-order valence-corrected chi connectivity index (χ0v) is 17.9. The van der Waals surface area contributed by atoms with Crippen LogP contribution in [0.3, 0.4) is 0 Å². The van der Waals surface area contributed by atoms with Gasteiger partial charge in [0.15, 0.2) is 0 Å². The maximum Gasteiger partial charge on any atom is 0.252 e. The van der Waals surface area contributed by atoms with E-state index in [0.29, 0.717) is 38.1 Å². The van der Waals surface area contributed by atoms with Crippen LogP contribution < -0.4 is 11.1 Å². The van der Waals surface area contributed by atoms with E-state index in [1.54, 1.807) is 4.52 Å². The van der Waals surface area contributed by atoms with Gasteiger partial charge in [-0.05, 0) is 45.1 Å². The zero-order valence-electron chi connectivity index (χ0n) is 17.1. The molecule has 1 atom stereocenters. The lowest BCUT2D eigenvalue weighted by atomic mass is 10.00. The van der Waals surface area contributed by atoms with Crippen molar-refractivity contribution in [2.24, 2.45) is 5.73 Å². The van der Waals surface area contributed by atoms with Crippen LogP contribution in [-0.4, -0.2) is 62.0 Å². The van der Waals surface area contributed by atoms with Gasteiger partial charge in [-0.1, -0.05) is 0 Å². The molecule has 2 aromatic heterocycles. The zero-order chi connectivity index (χ0) is 20.1. The summed E-state index contributed by atoms with van der Waals surface area (Å²) in [6.45, 7) is 5.50. The quantitative estimate of drug-likeness (QED) is 0.684. The highest BCUT2D eigenvalue weighted by Crippen LogP contribution is 2.20. The minimum Gasteiger partial charge on any atom is -0.354 e. The summed E-state index contributed by atoms with van der Waals surface area (Å²) in [6, 6.07) is 0.0566. The van der Waals surface area contributed by atoms with Crippen molar-refractivity contribution in [3.8, 4) is 0 Å². The first-order valence-corrected chi connectivity index (χ1v) is 9.93. The van der Waals surface area contributed by atoms with Crippen molar-refractivity contribution in [3.63, 3.8) is 0 Å². The molecule has 1 fully saturated rings. The van der Waals surface area contributed by atoms with Crippen molar-refractivity contribution < 1.29 is 9.59 Å². The number of piperidine rings is 1. The number of amides is 2. The van der Waals surface area contributed by atoms with E-state index in [9.17, 15) is 9.59 Å². The molecule has 10 heteroatoms. The van der Waals surface area contributed by atoms with Crippen molar-refractivity contribution in [1.82, 2.24) is 29.8 Å². The van der Waals surface area contributed by atoms with Crippen LogP contribution in [0.1, 0.15) is 49.1 Å². The SMILES string of the molecule is Cc1nc2ncnn2c(C)c1CCC(=O)N1CCCCC1CNC(=O)CCN.Cl. The molecule has 0 saturated carbocycles. The lowest BCUT2D eigenvalue weighted by Crippen LogP contribution is -2.49. The fourth-order valence-electron chi connectivity index (χ4n) is 3.88. The number of hydrogen-bond donors (Lipinski definition) is 2. The molecule has 3 rings (SSSR count). The molecule has 0 radical (unpaired) electrons. The van der Waals surface area contributed by atoms with Crippen molar-refractivity contribution in [2.45, 2.75) is 58.4 Å². The van der Waals surface area contributed by atoms with E-state index < -0.39 is 0 Å². The average Bonchev–Trinajstić information content (AvgIpc) is 3.15. The van der Waals surface area contributed by atoms with Crippen LogP contribution in [0.2, 0.25) is 0 Å². The van der Waals surface area contributed by atoms with Gasteiger partial charge in [0.25, 0.3) is 5.78 Å². The van der Waals surface area contributed by atoms with E-state index in [1.807, 2.05) is 18.7 Å². The highest BCUT2D eigenvalue weighted by atomic mass is 35.5. The highest BCUT2D eigenvalue weighted by molar-refractivity contribution is 5.85. The predicted octanol–water partition coefficient (Wildman–Crippen LogP) is 0.942. The Bertz CT molecular complexity index is 854. The van der Waals surface area contributed by atoms with E-state index in [4.69, 9.17) is 5.73 Å². The number of halogens is 1. The molecule has 0 aliphatic carbocycles. The van der Waals surface area contributed by atoms with Crippen LogP contribution in [0.5, 0.6) is 0 Å². The Kier molecular flexibility index (Phi) is 8.33. The van der Waals surface area contributed by atoms with Gasteiger partial charge in [0.2, 0.25) is 11.8 Å². The fourth-order valence-corrected chi connectivity index (χ4v) is 3.88. The largest absolute Gasteiger partial charge is 0.354 e. The lowest BCUT2D eigenvalue weighted by Gasteiger charge is -2.36. The van der Waals surface area contributed by atoms with Crippen LogP contribution in [0.25, 0.3) is 5.78 Å². The maximum atomic E-state index is 12.9. The van der Waals surface area contributed by atoms with Gasteiger partial charge in [-0.25, -0.2) is 9.50 Å². The molecular formula is C19H30ClN7O2. The van der Waals surface area contributed by atoms with Gasteiger partial charge in [-0.3, -0.25) is 9.59 Å². The van der Waals surface area contributed by atoms with Crippen molar-refractivity contribution in [3.05, 3.63) is 23.3 Å². The molecule has 1 aliphatic rings. The number of aromatic nitrogens is 4. The standard InChI is InChI=1S/C19H29N7O2.ClH/c1-13-16(14(2)26-19(24-13)22-12-23-26)6-7-18(28)25-10-4-3-5-15(25)11-21-17(27)8-9-20;/h12,15H,3-11,20H2,1-2H3,(H,21,27);1H. The Hall–Kier alpha value is -2.26. The van der Waals surface area contributed by atoms with Crippen molar-refractivity contribution in [1.29, 1.82) is 0 Å². The molecule has 1 saturated heterocycles. The number of carbonyl (C=O) groups is 2. The van der Waals surface area contributed by atoms with Gasteiger partial charge in [0.1, 0.15) is 6.33 Å². The number of likely N-dealkylation sites (tertiary alicyclic amines) is 1. The molecule has 0 bridgehead atoms. The third-order valence-electron chi connectivity index (χ3n) is 5.43. The van der Waals surface area contributed by atoms with Crippen LogP contribution >= 0.6 is 12.4 Å². The molecule has 1 aliphatic heterocycles.